The second kappa shape index (κ2) is 21.4. The lowest BCUT2D eigenvalue weighted by atomic mass is 10.1. The van der Waals surface area contributed by atoms with Crippen LogP contribution in [0.4, 0.5) is 25.8 Å². The second-order valence-corrected chi connectivity index (χ2v) is 29.5. The van der Waals surface area contributed by atoms with Crippen LogP contribution in [0.2, 0.25) is 0 Å². The van der Waals surface area contributed by atoms with Gasteiger partial charge in [0.2, 0.25) is 0 Å². The van der Waals surface area contributed by atoms with E-state index < -0.39 is 16.1 Å². The molecule has 0 atom stereocenters. The van der Waals surface area contributed by atoms with Gasteiger partial charge < -0.3 is 14.0 Å². The maximum Gasteiger partial charge on any atom is 0.179 e. The number of anilines is 3. The molecule has 0 N–H and O–H groups in total. The van der Waals surface area contributed by atoms with E-state index in [0.717, 1.165) is 72.0 Å². The molecular weight excluding hydrogens is 1070 g/mol. The van der Waals surface area contributed by atoms with Crippen LogP contribution in [0, 0.1) is 11.6 Å². The zero-order valence-electron chi connectivity index (χ0n) is 46.4. The highest BCUT2D eigenvalue weighted by Crippen LogP contribution is 2.42. The van der Waals surface area contributed by atoms with Gasteiger partial charge in [-0.15, -0.1) is 0 Å². The molecule has 0 bridgehead atoms. The molecule has 2 heterocycles. The van der Waals surface area contributed by atoms with Crippen molar-refractivity contribution in [3.8, 4) is 11.4 Å². The molecule has 404 valence electrons. The zero-order chi connectivity index (χ0) is 56.9. The smallest absolute Gasteiger partial charge is 0.179 e. The molecule has 0 aliphatic heterocycles. The molecule has 15 aromatic rings. The van der Waals surface area contributed by atoms with Crippen LogP contribution in [0.5, 0.6) is 0 Å². The predicted octanol–water partition coefficient (Wildman–Crippen LogP) is 14.4. The monoisotopic (exact) mass is 1130 g/mol. The van der Waals surface area contributed by atoms with Crippen molar-refractivity contribution in [2.45, 2.75) is 0 Å². The number of aromatic nitrogens is 2. The van der Waals surface area contributed by atoms with Gasteiger partial charge in [0.1, 0.15) is 11.6 Å². The van der Waals surface area contributed by atoms with Crippen LogP contribution in [0.3, 0.4) is 0 Å². The third-order valence-electron chi connectivity index (χ3n) is 17.3. The van der Waals surface area contributed by atoms with Crippen LogP contribution in [0.25, 0.3) is 55.0 Å². The summed E-state index contributed by atoms with van der Waals surface area (Å²) in [5, 5.41) is 14.6. The lowest BCUT2D eigenvalue weighted by molar-refractivity contribution is 0.627. The average Bonchev–Trinajstić information content (AvgIpc) is 1.86. The van der Waals surface area contributed by atoms with E-state index in [1.807, 2.05) is 24.3 Å². The number of hydrogen-bond donors (Lipinski definition) is 0. The number of para-hydroxylation sites is 1. The fourth-order valence-electron chi connectivity index (χ4n) is 13.7. The Hall–Kier alpha value is -10.4. The van der Waals surface area contributed by atoms with Gasteiger partial charge in [-0.2, -0.15) is 0 Å². The molecule has 0 saturated carbocycles. The Balaban J connectivity index is 0.992. The van der Waals surface area contributed by atoms with Gasteiger partial charge in [0.15, 0.2) is 16.1 Å². The fourth-order valence-corrected chi connectivity index (χ4v) is 23.2. The Morgan fingerprint density at radius 2 is 0.482 bits per heavy atom. The van der Waals surface area contributed by atoms with Crippen molar-refractivity contribution in [2.75, 3.05) is 4.90 Å². The van der Waals surface area contributed by atoms with Gasteiger partial charge in [-0.25, -0.2) is 8.78 Å². The van der Waals surface area contributed by atoms with Crippen molar-refractivity contribution in [1.82, 2.24) is 9.13 Å². The molecule has 3 nitrogen and oxygen atoms in total. The summed E-state index contributed by atoms with van der Waals surface area (Å²) in [5.41, 5.74) is 8.78. The molecule has 0 radical (unpaired) electrons. The zero-order valence-corrected chi connectivity index (χ0v) is 48.4. The van der Waals surface area contributed by atoms with Crippen LogP contribution < -0.4 is 46.4 Å². The van der Waals surface area contributed by atoms with Crippen molar-refractivity contribution in [3.63, 3.8) is 0 Å². The summed E-state index contributed by atoms with van der Waals surface area (Å²) in [6, 6.07) is 118. The Morgan fingerprint density at radius 1 is 0.224 bits per heavy atom. The first-order valence-corrected chi connectivity index (χ1v) is 32.9. The predicted molar refractivity (Wildman–Crippen MR) is 357 cm³/mol. The Morgan fingerprint density at radius 3 is 0.776 bits per heavy atom. The van der Waals surface area contributed by atoms with Gasteiger partial charge in [-0.05, 0) is 151 Å². The highest BCUT2D eigenvalue weighted by atomic mass is 28.3. The van der Waals surface area contributed by atoms with E-state index in [9.17, 15) is 8.78 Å². The van der Waals surface area contributed by atoms with Crippen molar-refractivity contribution in [2.24, 2.45) is 0 Å². The van der Waals surface area contributed by atoms with Crippen molar-refractivity contribution >= 4 is 118 Å². The summed E-state index contributed by atoms with van der Waals surface area (Å²) >= 11 is 0. The molecular formula is C78H55F2N3Si2. The molecule has 0 aliphatic rings. The van der Waals surface area contributed by atoms with Gasteiger partial charge in [0.05, 0.1) is 22.1 Å². The molecule has 0 spiro atoms. The van der Waals surface area contributed by atoms with E-state index in [1.165, 1.54) is 41.5 Å². The topological polar surface area (TPSA) is 13.1 Å². The quantitative estimate of drug-likeness (QED) is 0.0828. The summed E-state index contributed by atoms with van der Waals surface area (Å²) in [7, 11) is -5.92. The second-order valence-electron chi connectivity index (χ2n) is 21.9. The lowest BCUT2D eigenvalue weighted by Gasteiger charge is -2.34. The molecule has 85 heavy (non-hydrogen) atoms. The molecule has 0 saturated heterocycles. The van der Waals surface area contributed by atoms with Gasteiger partial charge in [0.25, 0.3) is 0 Å². The number of rotatable bonds is 13. The van der Waals surface area contributed by atoms with Gasteiger partial charge in [-0.1, -0.05) is 224 Å². The number of nitrogens with zero attached hydrogens (tertiary/aromatic N) is 3. The van der Waals surface area contributed by atoms with Crippen molar-refractivity contribution in [1.29, 1.82) is 0 Å². The number of halogens is 2. The lowest BCUT2D eigenvalue weighted by Crippen LogP contribution is -2.74. The summed E-state index contributed by atoms with van der Waals surface area (Å²) in [6.07, 6.45) is 0. The largest absolute Gasteiger partial charge is 0.310 e. The SMILES string of the molecule is Fc1ccc(-n2c3ccc(N(c4ccccc4)c4ccc5c(c4)c4cc([Si](c6ccccc6)(c6ccccc6)c6ccccc6)ccc4n5-c4ccc(F)cc4)cc3c3cc([Si](c4ccccc4)(c4ccccc4)c4ccccc4)ccc32)cc1. The third-order valence-corrected chi connectivity index (χ3v) is 26.9. The van der Waals surface area contributed by atoms with E-state index in [1.54, 1.807) is 24.3 Å². The number of benzene rings is 13. The van der Waals surface area contributed by atoms with Crippen LogP contribution >= 0.6 is 0 Å². The fraction of sp³-hybridized carbons (Fsp3) is 0. The van der Waals surface area contributed by atoms with E-state index in [0.29, 0.717) is 0 Å². The van der Waals surface area contributed by atoms with E-state index in [2.05, 4.69) is 299 Å². The molecule has 15 rings (SSSR count). The Labute approximate surface area is 494 Å². The normalized spacial score (nSPS) is 11.9. The molecule has 7 heteroatoms. The first kappa shape index (κ1) is 51.4. The van der Waals surface area contributed by atoms with Gasteiger partial charge in [-0.3, -0.25) is 0 Å². The van der Waals surface area contributed by atoms with E-state index >= 15 is 0 Å². The molecule has 2 aromatic heterocycles. The molecule has 0 aliphatic carbocycles. The molecule has 0 amide bonds. The van der Waals surface area contributed by atoms with Crippen LogP contribution in [-0.4, -0.2) is 25.3 Å². The molecule has 0 unspecified atom stereocenters. The minimum Gasteiger partial charge on any atom is -0.310 e. The Kier molecular flexibility index (Phi) is 12.9. The standard InChI is InChI=1S/C78H55F2N3Si2/c79-56-36-40-59(41-37-56)82-75-48-44-61(52-71(75)73-54-69(46-50-77(73)82)84(63-24-10-2-11-25-63,64-26-12-3-13-27-64)65-28-14-4-15-29-65)81(58-22-8-1-9-23-58)62-45-49-76-72(53-62)74-55-70(47-51-78(74)83(76)60-42-38-57(80)39-43-60)85(66-30-16-5-17-31-66,67-32-18-6-19-33-67)68-34-20-7-21-35-68/h1-55H. The maximum absolute atomic E-state index is 14.8. The van der Waals surface area contributed by atoms with E-state index in [4.69, 9.17) is 0 Å². The van der Waals surface area contributed by atoms with Crippen LogP contribution in [0.1, 0.15) is 0 Å². The Bertz CT molecular complexity index is 4380. The van der Waals surface area contributed by atoms with E-state index in [-0.39, 0.29) is 11.6 Å². The first-order valence-electron chi connectivity index (χ1n) is 28.9. The summed E-state index contributed by atoms with van der Waals surface area (Å²) < 4.78 is 34.2. The average molecular weight is 1130 g/mol. The summed E-state index contributed by atoms with van der Waals surface area (Å²) in [6.45, 7) is 0. The molecule has 0 fully saturated rings. The highest BCUT2D eigenvalue weighted by Gasteiger charge is 2.43. The minimum atomic E-state index is -2.96. The van der Waals surface area contributed by atoms with Crippen molar-refractivity contribution < 1.29 is 8.78 Å². The van der Waals surface area contributed by atoms with Crippen LogP contribution in [0.15, 0.2) is 334 Å². The summed E-state index contributed by atoms with van der Waals surface area (Å²) in [5.74, 6) is -0.563. The third kappa shape index (κ3) is 8.58. The van der Waals surface area contributed by atoms with Crippen LogP contribution in [-0.2, 0) is 0 Å². The molecule has 13 aromatic carbocycles. The first-order chi connectivity index (χ1) is 42.0. The van der Waals surface area contributed by atoms with Gasteiger partial charge in [0, 0.05) is 50.0 Å². The summed E-state index contributed by atoms with van der Waals surface area (Å²) in [4.78, 5) is 2.36. The van der Waals surface area contributed by atoms with Gasteiger partial charge >= 0.3 is 0 Å². The number of hydrogen-bond acceptors (Lipinski definition) is 1. The highest BCUT2D eigenvalue weighted by molar-refractivity contribution is 7.20. The number of fused-ring (bicyclic) bond motifs is 6. The minimum absolute atomic E-state index is 0.282. The maximum atomic E-state index is 14.8. The van der Waals surface area contributed by atoms with Crippen molar-refractivity contribution in [3.05, 3.63) is 345 Å².